The molecule has 1 aliphatic carbocycles. The van der Waals surface area contributed by atoms with Crippen LogP contribution >= 0.6 is 0 Å². The van der Waals surface area contributed by atoms with Crippen LogP contribution in [-0.4, -0.2) is 18.0 Å². The lowest BCUT2D eigenvalue weighted by atomic mass is 10.0. The van der Waals surface area contributed by atoms with E-state index in [2.05, 4.69) is 10.3 Å². The quantitative estimate of drug-likeness (QED) is 0.922. The molecule has 1 N–H and O–H groups in total. The van der Waals surface area contributed by atoms with Gasteiger partial charge >= 0.3 is 0 Å². The lowest BCUT2D eigenvalue weighted by molar-refractivity contribution is 0.0924. The first kappa shape index (κ1) is 15.6. The molecule has 120 valence electrons. The van der Waals surface area contributed by atoms with Crippen molar-refractivity contribution in [2.24, 2.45) is 0 Å². The molecule has 0 spiro atoms. The van der Waals surface area contributed by atoms with E-state index in [1.807, 2.05) is 0 Å². The highest BCUT2D eigenvalue weighted by Gasteiger charge is 2.47. The molecule has 1 aliphatic rings. The molecule has 1 fully saturated rings. The number of hydrogen-bond acceptors (Lipinski definition) is 3. The fourth-order valence-electron chi connectivity index (χ4n) is 2.57. The van der Waals surface area contributed by atoms with Gasteiger partial charge in [0.25, 0.3) is 5.91 Å². The van der Waals surface area contributed by atoms with Crippen LogP contribution in [0.5, 0.6) is 0 Å². The molecular formula is C17H16F2N2O2. The number of nitrogens with zero attached hydrogens (tertiary/aromatic N) is 1. The Kier molecular flexibility index (Phi) is 4.09. The van der Waals surface area contributed by atoms with Gasteiger partial charge in [-0.25, -0.2) is 13.8 Å². The maximum atomic E-state index is 14.0. The van der Waals surface area contributed by atoms with Gasteiger partial charge in [-0.1, -0.05) is 6.07 Å². The van der Waals surface area contributed by atoms with Crippen LogP contribution in [0.4, 0.5) is 8.78 Å². The van der Waals surface area contributed by atoms with Crippen molar-refractivity contribution < 1.29 is 18.3 Å². The summed E-state index contributed by atoms with van der Waals surface area (Å²) in [5, 5.41) is 2.79. The van der Waals surface area contributed by atoms with E-state index in [1.54, 1.807) is 25.3 Å². The standard InChI is InChI=1S/C17H16F2N2O2/c1-23-10-12-3-2-4-15(20-12)16(22)21-17(7-8-17)13-9-11(18)5-6-14(13)19/h2-6,9H,7-8,10H2,1H3,(H,21,22). The zero-order chi connectivity index (χ0) is 16.4. The van der Waals surface area contributed by atoms with Crippen molar-refractivity contribution in [2.45, 2.75) is 25.0 Å². The van der Waals surface area contributed by atoms with Crippen LogP contribution in [-0.2, 0) is 16.9 Å². The number of aromatic nitrogens is 1. The number of amides is 1. The molecule has 0 bridgehead atoms. The Labute approximate surface area is 132 Å². The normalized spacial score (nSPS) is 15.3. The number of ether oxygens (including phenoxy) is 1. The second kappa shape index (κ2) is 6.04. The second-order valence-corrected chi connectivity index (χ2v) is 5.61. The van der Waals surface area contributed by atoms with Gasteiger partial charge in [0, 0.05) is 12.7 Å². The first-order valence-corrected chi connectivity index (χ1v) is 7.27. The van der Waals surface area contributed by atoms with Crippen molar-refractivity contribution in [3.8, 4) is 0 Å². The van der Waals surface area contributed by atoms with Crippen LogP contribution in [0.15, 0.2) is 36.4 Å². The molecule has 3 rings (SSSR count). The van der Waals surface area contributed by atoms with E-state index < -0.39 is 23.1 Å². The molecule has 2 aromatic rings. The third-order valence-electron chi connectivity index (χ3n) is 3.88. The second-order valence-electron chi connectivity index (χ2n) is 5.61. The molecule has 0 saturated heterocycles. The molecular weight excluding hydrogens is 302 g/mol. The number of nitrogens with one attached hydrogen (secondary N) is 1. The minimum atomic E-state index is -0.845. The number of halogens is 2. The van der Waals surface area contributed by atoms with Crippen molar-refractivity contribution in [1.29, 1.82) is 0 Å². The summed E-state index contributed by atoms with van der Waals surface area (Å²) in [4.78, 5) is 16.6. The van der Waals surface area contributed by atoms with E-state index in [9.17, 15) is 13.6 Å². The van der Waals surface area contributed by atoms with E-state index >= 15 is 0 Å². The maximum Gasteiger partial charge on any atom is 0.270 e. The molecule has 0 radical (unpaired) electrons. The van der Waals surface area contributed by atoms with Crippen molar-refractivity contribution in [3.05, 3.63) is 65.0 Å². The van der Waals surface area contributed by atoms with Gasteiger partial charge in [-0.2, -0.15) is 0 Å². The molecule has 1 amide bonds. The molecule has 1 heterocycles. The minimum absolute atomic E-state index is 0.180. The van der Waals surface area contributed by atoms with Crippen LogP contribution in [0, 0.1) is 11.6 Å². The summed E-state index contributed by atoms with van der Waals surface area (Å²) in [7, 11) is 1.54. The highest BCUT2D eigenvalue weighted by atomic mass is 19.1. The van der Waals surface area contributed by atoms with Gasteiger partial charge in [0.15, 0.2) is 0 Å². The van der Waals surface area contributed by atoms with Gasteiger partial charge in [-0.05, 0) is 43.2 Å². The predicted molar refractivity (Wildman–Crippen MR) is 79.7 cm³/mol. The summed E-state index contributed by atoms with van der Waals surface area (Å²) in [5.41, 5.74) is 0.186. The van der Waals surface area contributed by atoms with E-state index in [-0.39, 0.29) is 11.3 Å². The Morgan fingerprint density at radius 2 is 2.09 bits per heavy atom. The topological polar surface area (TPSA) is 51.2 Å². The first-order chi connectivity index (χ1) is 11.0. The molecule has 4 nitrogen and oxygen atoms in total. The molecule has 1 aromatic heterocycles. The number of rotatable bonds is 5. The molecule has 23 heavy (non-hydrogen) atoms. The number of methoxy groups -OCH3 is 1. The van der Waals surface area contributed by atoms with Crippen molar-refractivity contribution in [2.75, 3.05) is 7.11 Å². The minimum Gasteiger partial charge on any atom is -0.378 e. The molecule has 6 heteroatoms. The highest BCUT2D eigenvalue weighted by molar-refractivity contribution is 5.93. The zero-order valence-corrected chi connectivity index (χ0v) is 12.6. The lowest BCUT2D eigenvalue weighted by Crippen LogP contribution is -2.36. The van der Waals surface area contributed by atoms with Gasteiger partial charge in [0.2, 0.25) is 0 Å². The fraction of sp³-hybridized carbons (Fsp3) is 0.294. The summed E-state index contributed by atoms with van der Waals surface area (Å²) >= 11 is 0. The third kappa shape index (κ3) is 3.22. The van der Waals surface area contributed by atoms with E-state index in [0.29, 0.717) is 25.1 Å². The number of carbonyl (C=O) groups is 1. The molecule has 0 aliphatic heterocycles. The third-order valence-corrected chi connectivity index (χ3v) is 3.88. The Morgan fingerprint density at radius 3 is 2.78 bits per heavy atom. The molecule has 0 atom stereocenters. The summed E-state index contributed by atoms with van der Waals surface area (Å²) < 4.78 is 32.4. The van der Waals surface area contributed by atoms with Crippen molar-refractivity contribution >= 4 is 5.91 Å². The molecule has 1 aromatic carbocycles. The number of hydrogen-bond donors (Lipinski definition) is 1. The van der Waals surface area contributed by atoms with Gasteiger partial charge in [-0.3, -0.25) is 4.79 Å². The Morgan fingerprint density at radius 1 is 1.30 bits per heavy atom. The number of benzene rings is 1. The molecule has 0 unspecified atom stereocenters. The largest absolute Gasteiger partial charge is 0.378 e. The smallest absolute Gasteiger partial charge is 0.270 e. The summed E-state index contributed by atoms with van der Waals surface area (Å²) in [5.74, 6) is -1.46. The maximum absolute atomic E-state index is 14.0. The van der Waals surface area contributed by atoms with Crippen molar-refractivity contribution in [3.63, 3.8) is 0 Å². The molecule has 1 saturated carbocycles. The summed E-state index contributed by atoms with van der Waals surface area (Å²) in [6.45, 7) is 0.296. The average Bonchev–Trinajstić information content (AvgIpc) is 3.31. The Hall–Kier alpha value is -2.34. The van der Waals surface area contributed by atoms with Gasteiger partial charge in [-0.15, -0.1) is 0 Å². The fourth-order valence-corrected chi connectivity index (χ4v) is 2.57. The Balaban J connectivity index is 1.82. The first-order valence-electron chi connectivity index (χ1n) is 7.27. The predicted octanol–water partition coefficient (Wildman–Crippen LogP) is 2.93. The van der Waals surface area contributed by atoms with E-state index in [4.69, 9.17) is 4.74 Å². The van der Waals surface area contributed by atoms with Gasteiger partial charge < -0.3 is 10.1 Å². The van der Waals surface area contributed by atoms with Crippen LogP contribution in [0.2, 0.25) is 0 Å². The van der Waals surface area contributed by atoms with E-state index in [1.165, 1.54) is 0 Å². The summed E-state index contributed by atoms with van der Waals surface area (Å²) in [6.07, 6.45) is 1.13. The van der Waals surface area contributed by atoms with Crippen LogP contribution in [0.3, 0.4) is 0 Å². The summed E-state index contributed by atoms with van der Waals surface area (Å²) in [6, 6.07) is 8.31. The van der Waals surface area contributed by atoms with Crippen LogP contribution in [0.1, 0.15) is 34.6 Å². The van der Waals surface area contributed by atoms with Gasteiger partial charge in [0.05, 0.1) is 17.8 Å². The van der Waals surface area contributed by atoms with Gasteiger partial charge in [0.1, 0.15) is 17.3 Å². The zero-order valence-electron chi connectivity index (χ0n) is 12.6. The SMILES string of the molecule is COCc1cccc(C(=O)NC2(c3cc(F)ccc3F)CC2)n1. The lowest BCUT2D eigenvalue weighted by Gasteiger charge is -2.18. The average molecular weight is 318 g/mol. The van der Waals surface area contributed by atoms with Crippen LogP contribution < -0.4 is 5.32 Å². The highest BCUT2D eigenvalue weighted by Crippen LogP contribution is 2.46. The van der Waals surface area contributed by atoms with Crippen LogP contribution in [0.25, 0.3) is 0 Å². The number of pyridine rings is 1. The van der Waals surface area contributed by atoms with Crippen molar-refractivity contribution in [1.82, 2.24) is 10.3 Å². The monoisotopic (exact) mass is 318 g/mol. The number of carbonyl (C=O) groups excluding carboxylic acids is 1. The Bertz CT molecular complexity index is 745. The van der Waals surface area contributed by atoms with E-state index in [0.717, 1.165) is 18.2 Å².